The fourth-order valence-electron chi connectivity index (χ4n) is 3.27. The minimum Gasteiger partial charge on any atom is -0.508 e. The van der Waals surface area contributed by atoms with Crippen LogP contribution in [0.5, 0.6) is 5.75 Å². The van der Waals surface area contributed by atoms with Gasteiger partial charge < -0.3 is 24.6 Å². The maximum Gasteiger partial charge on any atom is 0.321 e. The summed E-state index contributed by atoms with van der Waals surface area (Å²) in [7, 11) is 5.82. The lowest BCUT2D eigenvalue weighted by molar-refractivity contribution is 0.220. The predicted octanol–water partition coefficient (Wildman–Crippen LogP) is 4.70. The number of hydrogen-bond acceptors (Lipinski definition) is 7. The second-order valence-electron chi connectivity index (χ2n) is 7.93. The molecule has 0 saturated carbocycles. The van der Waals surface area contributed by atoms with Gasteiger partial charge in [-0.2, -0.15) is 0 Å². The second-order valence-corrected chi connectivity index (χ2v) is 9.31. The zero-order valence-corrected chi connectivity index (χ0v) is 20.3. The fourth-order valence-corrected chi connectivity index (χ4v) is 4.22. The highest BCUT2D eigenvalue weighted by molar-refractivity contribution is 7.99. The minimum atomic E-state index is -0.251. The number of para-hydroxylation sites is 1. The van der Waals surface area contributed by atoms with E-state index < -0.39 is 0 Å². The van der Waals surface area contributed by atoms with E-state index in [1.54, 1.807) is 35.8 Å². The van der Waals surface area contributed by atoms with Crippen LogP contribution in [0.3, 0.4) is 0 Å². The van der Waals surface area contributed by atoms with Crippen molar-refractivity contribution in [2.75, 3.05) is 45.3 Å². The van der Waals surface area contributed by atoms with Gasteiger partial charge in [0.1, 0.15) is 11.0 Å². The molecule has 2 aromatic carbocycles. The number of aromatic hydroxyl groups is 1. The molecule has 9 heteroatoms. The van der Waals surface area contributed by atoms with E-state index >= 15 is 0 Å². The number of benzene rings is 2. The van der Waals surface area contributed by atoms with Crippen molar-refractivity contribution in [3.05, 3.63) is 60.0 Å². The van der Waals surface area contributed by atoms with Gasteiger partial charge in [0.2, 0.25) is 11.8 Å². The lowest BCUT2D eigenvalue weighted by Gasteiger charge is -2.19. The van der Waals surface area contributed by atoms with Crippen LogP contribution in [0, 0.1) is 0 Å². The van der Waals surface area contributed by atoms with Crippen molar-refractivity contribution in [1.29, 1.82) is 0 Å². The van der Waals surface area contributed by atoms with Crippen molar-refractivity contribution in [1.82, 2.24) is 20.0 Å². The number of anilines is 1. The van der Waals surface area contributed by atoms with E-state index in [2.05, 4.69) is 20.4 Å². The molecule has 2 amide bonds. The zero-order valence-electron chi connectivity index (χ0n) is 19.5. The lowest BCUT2D eigenvalue weighted by atomic mass is 10.1. The SMILES string of the molecule is CCSC(c1nnc(-c2ccc(NC(=O)N(C)CCCN(C)C)cc2)o1)c1ccccc1O. The summed E-state index contributed by atoms with van der Waals surface area (Å²) in [6, 6.07) is 14.3. The smallest absolute Gasteiger partial charge is 0.321 e. The summed E-state index contributed by atoms with van der Waals surface area (Å²) >= 11 is 1.61. The molecule has 0 aliphatic carbocycles. The van der Waals surface area contributed by atoms with E-state index in [9.17, 15) is 9.90 Å². The molecular weight excluding hydrogens is 438 g/mol. The number of urea groups is 1. The maximum atomic E-state index is 12.4. The van der Waals surface area contributed by atoms with E-state index in [4.69, 9.17) is 4.42 Å². The first-order valence-corrected chi connectivity index (χ1v) is 11.9. The molecule has 33 heavy (non-hydrogen) atoms. The van der Waals surface area contributed by atoms with Crippen molar-refractivity contribution in [3.63, 3.8) is 0 Å². The van der Waals surface area contributed by atoms with Crippen molar-refractivity contribution in [2.45, 2.75) is 18.6 Å². The average molecular weight is 470 g/mol. The number of phenolic OH excluding ortho intramolecular Hbond substituents is 1. The number of thioether (sulfide) groups is 1. The minimum absolute atomic E-state index is 0.149. The number of aromatic nitrogens is 2. The lowest BCUT2D eigenvalue weighted by Crippen LogP contribution is -2.33. The highest BCUT2D eigenvalue weighted by Gasteiger charge is 2.24. The molecule has 3 aromatic rings. The van der Waals surface area contributed by atoms with Crippen LogP contribution < -0.4 is 5.32 Å². The Bertz CT molecular complexity index is 1040. The molecule has 8 nitrogen and oxygen atoms in total. The number of hydrogen-bond donors (Lipinski definition) is 2. The molecule has 176 valence electrons. The quantitative estimate of drug-likeness (QED) is 0.444. The van der Waals surface area contributed by atoms with Crippen LogP contribution in [0.15, 0.2) is 52.9 Å². The van der Waals surface area contributed by atoms with Gasteiger partial charge in [-0.15, -0.1) is 22.0 Å². The van der Waals surface area contributed by atoms with E-state index in [-0.39, 0.29) is 17.0 Å². The molecule has 0 bridgehead atoms. The predicted molar refractivity (Wildman–Crippen MR) is 133 cm³/mol. The van der Waals surface area contributed by atoms with Gasteiger partial charge in [-0.05, 0) is 63.1 Å². The van der Waals surface area contributed by atoms with Crippen LogP contribution in [-0.4, -0.2) is 71.1 Å². The number of nitrogens with one attached hydrogen (secondary N) is 1. The van der Waals surface area contributed by atoms with Gasteiger partial charge in [0.05, 0.1) is 0 Å². The molecule has 0 radical (unpaired) electrons. The highest BCUT2D eigenvalue weighted by Crippen LogP contribution is 2.39. The number of nitrogens with zero attached hydrogens (tertiary/aromatic N) is 4. The monoisotopic (exact) mass is 469 g/mol. The molecule has 0 aliphatic heterocycles. The Kier molecular flexibility index (Phi) is 8.73. The average Bonchev–Trinajstić information content (AvgIpc) is 3.28. The third kappa shape index (κ3) is 6.72. The topological polar surface area (TPSA) is 94.7 Å². The summed E-state index contributed by atoms with van der Waals surface area (Å²) < 4.78 is 5.96. The molecule has 0 saturated heterocycles. The van der Waals surface area contributed by atoms with Gasteiger partial charge in [0, 0.05) is 30.4 Å². The Labute approximate surface area is 199 Å². The van der Waals surface area contributed by atoms with Crippen molar-refractivity contribution in [3.8, 4) is 17.2 Å². The Morgan fingerprint density at radius 2 is 1.82 bits per heavy atom. The third-order valence-electron chi connectivity index (χ3n) is 5.05. The van der Waals surface area contributed by atoms with Gasteiger partial charge >= 0.3 is 6.03 Å². The molecule has 0 fully saturated rings. The van der Waals surface area contributed by atoms with Crippen LogP contribution in [0.4, 0.5) is 10.5 Å². The molecule has 0 aliphatic rings. The second kappa shape index (κ2) is 11.7. The number of phenols is 1. The van der Waals surface area contributed by atoms with Gasteiger partial charge in [-0.1, -0.05) is 25.1 Å². The normalized spacial score (nSPS) is 12.0. The van der Waals surface area contributed by atoms with Crippen LogP contribution in [-0.2, 0) is 0 Å². The largest absolute Gasteiger partial charge is 0.508 e. The zero-order chi connectivity index (χ0) is 23.8. The van der Waals surface area contributed by atoms with Crippen LogP contribution in [0.25, 0.3) is 11.5 Å². The first kappa shape index (κ1) is 24.6. The van der Waals surface area contributed by atoms with E-state index in [0.717, 1.165) is 29.8 Å². The molecule has 3 rings (SSSR count). The number of amides is 2. The van der Waals surface area contributed by atoms with E-state index in [0.29, 0.717) is 24.0 Å². The molecule has 0 spiro atoms. The highest BCUT2D eigenvalue weighted by atomic mass is 32.2. The summed E-state index contributed by atoms with van der Waals surface area (Å²) in [6.07, 6.45) is 0.910. The summed E-state index contributed by atoms with van der Waals surface area (Å²) in [4.78, 5) is 16.2. The van der Waals surface area contributed by atoms with Crippen LogP contribution >= 0.6 is 11.8 Å². The molecule has 1 unspecified atom stereocenters. The summed E-state index contributed by atoms with van der Waals surface area (Å²) in [5, 5.41) is 21.3. The summed E-state index contributed by atoms with van der Waals surface area (Å²) in [5.41, 5.74) is 2.19. The molecule has 1 atom stereocenters. The Hall–Kier alpha value is -3.04. The molecule has 1 aromatic heterocycles. The standard InChI is InChI=1S/C24H31N5O3S/c1-5-33-21(19-9-6-7-10-20(19)30)23-27-26-22(32-23)17-11-13-18(14-12-17)25-24(31)29(4)16-8-15-28(2)3/h6-7,9-14,21,30H,5,8,15-16H2,1-4H3,(H,25,31). The van der Waals surface area contributed by atoms with Crippen LogP contribution in [0.2, 0.25) is 0 Å². The Morgan fingerprint density at radius 1 is 1.09 bits per heavy atom. The van der Waals surface area contributed by atoms with E-state index in [1.165, 1.54) is 0 Å². The molecule has 2 N–H and O–H groups in total. The van der Waals surface area contributed by atoms with Gasteiger partial charge in [-0.25, -0.2) is 4.79 Å². The maximum absolute atomic E-state index is 12.4. The first-order valence-electron chi connectivity index (χ1n) is 10.9. The van der Waals surface area contributed by atoms with Crippen molar-refractivity contribution < 1.29 is 14.3 Å². The van der Waals surface area contributed by atoms with E-state index in [1.807, 2.05) is 57.4 Å². The first-order chi connectivity index (χ1) is 15.9. The Morgan fingerprint density at radius 3 is 2.48 bits per heavy atom. The van der Waals surface area contributed by atoms with Gasteiger partial charge in [0.15, 0.2) is 0 Å². The number of rotatable bonds is 10. The Balaban J connectivity index is 1.67. The van der Waals surface area contributed by atoms with Crippen molar-refractivity contribution >= 4 is 23.5 Å². The fraction of sp³-hybridized carbons (Fsp3) is 0.375. The number of carbonyl (C=O) groups is 1. The third-order valence-corrected chi connectivity index (χ3v) is 6.17. The summed E-state index contributed by atoms with van der Waals surface area (Å²) in [5.74, 6) is 1.86. The summed E-state index contributed by atoms with van der Waals surface area (Å²) in [6.45, 7) is 3.66. The van der Waals surface area contributed by atoms with Gasteiger partial charge in [-0.3, -0.25) is 0 Å². The van der Waals surface area contributed by atoms with Gasteiger partial charge in [0.25, 0.3) is 0 Å². The molecule has 1 heterocycles. The van der Waals surface area contributed by atoms with Crippen molar-refractivity contribution in [2.24, 2.45) is 0 Å². The number of carbonyl (C=O) groups excluding carboxylic acids is 1. The molecular formula is C24H31N5O3S. The van der Waals surface area contributed by atoms with Crippen LogP contribution in [0.1, 0.15) is 30.0 Å².